The summed E-state index contributed by atoms with van der Waals surface area (Å²) >= 11 is 0. The Bertz CT molecular complexity index is 3520. The molecule has 8 nitrogen and oxygen atoms in total. The summed E-state index contributed by atoms with van der Waals surface area (Å²) in [4.78, 5) is 17.2. The number of allylic oxidation sites excluding steroid dienone is 4. The van der Waals surface area contributed by atoms with Crippen molar-refractivity contribution in [1.29, 1.82) is 0 Å². The second kappa shape index (κ2) is 18.1. The minimum absolute atomic E-state index is 0.588. The number of benzene rings is 8. The van der Waals surface area contributed by atoms with Crippen LogP contribution in [0.15, 0.2) is 243 Å². The molecule has 0 atom stereocenters. The number of nitrogens with zero attached hydrogens (tertiary/aromatic N) is 8. The highest BCUT2D eigenvalue weighted by molar-refractivity contribution is 6.10. The molecular weight excluding hydrogens is 821 g/mol. The van der Waals surface area contributed by atoms with E-state index >= 15 is 0 Å². The highest BCUT2D eigenvalue weighted by Gasteiger charge is 2.20. The van der Waals surface area contributed by atoms with Crippen molar-refractivity contribution in [1.82, 2.24) is 34.3 Å². The van der Waals surface area contributed by atoms with Gasteiger partial charge >= 0.3 is 0 Å². The van der Waals surface area contributed by atoms with E-state index in [0.717, 1.165) is 67.4 Å². The summed E-state index contributed by atoms with van der Waals surface area (Å²) in [6.45, 7) is 3.85. The van der Waals surface area contributed by atoms with Crippen LogP contribution in [0.25, 0.3) is 90.6 Å². The van der Waals surface area contributed by atoms with Gasteiger partial charge < -0.3 is 9.47 Å². The molecule has 0 N–H and O–H groups in total. The fraction of sp³-hybridized carbons (Fsp3) is 0. The van der Waals surface area contributed by atoms with Crippen molar-refractivity contribution >= 4 is 45.1 Å². The molecule has 3 aromatic heterocycles. The molecule has 0 saturated carbocycles. The highest BCUT2D eigenvalue weighted by Crippen LogP contribution is 2.39. The normalized spacial score (nSPS) is 11.5. The number of para-hydroxylation sites is 3. The van der Waals surface area contributed by atoms with Crippen LogP contribution in [0.5, 0.6) is 0 Å². The van der Waals surface area contributed by atoms with Crippen LogP contribution in [0.4, 0.5) is 17.1 Å². The number of hydrogen-bond donors (Lipinski definition) is 0. The smallest absolute Gasteiger partial charge is 0.168 e. The third-order valence-electron chi connectivity index (χ3n) is 11.7. The number of anilines is 3. The molecule has 0 saturated heterocycles. The van der Waals surface area contributed by atoms with Crippen LogP contribution in [-0.2, 0) is 0 Å². The van der Waals surface area contributed by atoms with E-state index in [1.165, 1.54) is 10.8 Å². The summed E-state index contributed by atoms with van der Waals surface area (Å²) in [5.74, 6) is 3.25. The van der Waals surface area contributed by atoms with Gasteiger partial charge in [-0.3, -0.25) is 4.57 Å². The third-order valence-corrected chi connectivity index (χ3v) is 11.7. The predicted molar refractivity (Wildman–Crippen MR) is 274 cm³/mol. The van der Waals surface area contributed by atoms with E-state index < -0.39 is 0 Å². The molecule has 0 fully saturated rings. The lowest BCUT2D eigenvalue weighted by molar-refractivity contribution is 1.07. The minimum atomic E-state index is 0.588. The standard InChI is InChI=1S/C59H42N8/c1-2-3-4-19-39-65-58(63-64-59(65)46-35-38-52-51-31-17-18-32-53(51)67(54(52)41-46)48-28-15-8-16-29-48)44-33-36-49(37-34-44)66(47-26-13-7-14-27-47)50-30-20-25-45(40-50)57-61-55(42-21-9-5-10-22-42)60-56(62-57)43-23-11-6-12-24-43/h2-41H,1H2/b4-3-,39-19+. The van der Waals surface area contributed by atoms with Crippen LogP contribution < -0.4 is 4.90 Å². The van der Waals surface area contributed by atoms with Crippen LogP contribution in [0.2, 0.25) is 0 Å². The summed E-state index contributed by atoms with van der Waals surface area (Å²) in [6.07, 6.45) is 9.60. The van der Waals surface area contributed by atoms with Gasteiger partial charge in [0.05, 0.1) is 11.0 Å². The fourth-order valence-corrected chi connectivity index (χ4v) is 8.58. The van der Waals surface area contributed by atoms with Crippen molar-refractivity contribution < 1.29 is 0 Å². The quantitative estimate of drug-likeness (QED) is 0.114. The van der Waals surface area contributed by atoms with E-state index in [-0.39, 0.29) is 0 Å². The van der Waals surface area contributed by atoms with Crippen molar-refractivity contribution in [3.05, 3.63) is 243 Å². The first kappa shape index (κ1) is 40.5. The first-order valence-electron chi connectivity index (χ1n) is 22.1. The maximum atomic E-state index is 5.03. The first-order valence-corrected chi connectivity index (χ1v) is 22.1. The van der Waals surface area contributed by atoms with E-state index in [4.69, 9.17) is 25.1 Å². The Morgan fingerprint density at radius 3 is 1.58 bits per heavy atom. The molecule has 8 aromatic carbocycles. The Labute approximate surface area is 388 Å². The van der Waals surface area contributed by atoms with Gasteiger partial charge in [0.1, 0.15) is 0 Å². The Balaban J connectivity index is 0.990. The lowest BCUT2D eigenvalue weighted by Gasteiger charge is -2.26. The second-order valence-electron chi connectivity index (χ2n) is 15.9. The Kier molecular flexibility index (Phi) is 10.9. The van der Waals surface area contributed by atoms with Gasteiger partial charge in [0, 0.05) is 67.5 Å². The fourth-order valence-electron chi connectivity index (χ4n) is 8.58. The van der Waals surface area contributed by atoms with Gasteiger partial charge in [-0.05, 0) is 78.9 Å². The number of hydrogen-bond acceptors (Lipinski definition) is 6. The lowest BCUT2D eigenvalue weighted by Crippen LogP contribution is -2.10. The Morgan fingerprint density at radius 2 is 0.910 bits per heavy atom. The molecule has 11 aromatic rings. The number of fused-ring (bicyclic) bond motifs is 3. The van der Waals surface area contributed by atoms with Crippen molar-refractivity contribution in [2.24, 2.45) is 0 Å². The first-order chi connectivity index (χ1) is 33.2. The van der Waals surface area contributed by atoms with E-state index in [9.17, 15) is 0 Å². The maximum Gasteiger partial charge on any atom is 0.168 e. The molecule has 0 aliphatic rings. The molecule has 0 aliphatic carbocycles. The van der Waals surface area contributed by atoms with Gasteiger partial charge in [0.2, 0.25) is 0 Å². The maximum absolute atomic E-state index is 5.03. The average Bonchev–Trinajstić information content (AvgIpc) is 3.98. The predicted octanol–water partition coefficient (Wildman–Crippen LogP) is 14.6. The van der Waals surface area contributed by atoms with E-state index in [0.29, 0.717) is 23.3 Å². The second-order valence-corrected chi connectivity index (χ2v) is 15.9. The molecule has 67 heavy (non-hydrogen) atoms. The van der Waals surface area contributed by atoms with Gasteiger partial charge in [0.25, 0.3) is 0 Å². The van der Waals surface area contributed by atoms with Gasteiger partial charge in [-0.1, -0.05) is 164 Å². The molecule has 8 heteroatoms. The summed E-state index contributed by atoms with van der Waals surface area (Å²) in [6, 6.07) is 72.9. The van der Waals surface area contributed by atoms with Gasteiger partial charge in [-0.25, -0.2) is 15.0 Å². The molecule has 0 amide bonds. The zero-order valence-corrected chi connectivity index (χ0v) is 36.4. The van der Waals surface area contributed by atoms with E-state index in [1.54, 1.807) is 6.08 Å². The average molecular weight is 863 g/mol. The lowest BCUT2D eigenvalue weighted by atomic mass is 10.1. The number of rotatable bonds is 12. The molecule has 318 valence electrons. The molecule has 0 unspecified atom stereocenters. The summed E-state index contributed by atoms with van der Waals surface area (Å²) in [5, 5.41) is 12.1. The van der Waals surface area contributed by atoms with Crippen LogP contribution >= 0.6 is 0 Å². The number of aromatic nitrogens is 7. The monoisotopic (exact) mass is 862 g/mol. The Hall–Kier alpha value is -9.27. The molecule has 0 radical (unpaired) electrons. The zero-order chi connectivity index (χ0) is 44.9. The van der Waals surface area contributed by atoms with Crippen LogP contribution in [0.3, 0.4) is 0 Å². The summed E-state index contributed by atoms with van der Waals surface area (Å²) in [5.41, 5.74) is 10.8. The molecule has 3 heterocycles. The van der Waals surface area contributed by atoms with Crippen molar-refractivity contribution in [2.75, 3.05) is 4.90 Å². The van der Waals surface area contributed by atoms with Gasteiger partial charge in [-0.15, -0.1) is 10.2 Å². The van der Waals surface area contributed by atoms with Crippen LogP contribution in [0.1, 0.15) is 0 Å². The topological polar surface area (TPSA) is 77.6 Å². The molecule has 11 rings (SSSR count). The van der Waals surface area contributed by atoms with Crippen LogP contribution in [-0.4, -0.2) is 34.3 Å². The van der Waals surface area contributed by atoms with E-state index in [2.05, 4.69) is 160 Å². The summed E-state index contributed by atoms with van der Waals surface area (Å²) < 4.78 is 4.37. The van der Waals surface area contributed by atoms with Crippen molar-refractivity contribution in [3.63, 3.8) is 0 Å². The molecule has 0 bridgehead atoms. The largest absolute Gasteiger partial charge is 0.310 e. The summed E-state index contributed by atoms with van der Waals surface area (Å²) in [7, 11) is 0. The van der Waals surface area contributed by atoms with Crippen LogP contribution in [0, 0.1) is 0 Å². The minimum Gasteiger partial charge on any atom is -0.310 e. The molecular formula is C59H42N8. The zero-order valence-electron chi connectivity index (χ0n) is 36.4. The highest BCUT2D eigenvalue weighted by atomic mass is 15.3. The third kappa shape index (κ3) is 8.00. The Morgan fingerprint density at radius 1 is 0.388 bits per heavy atom. The molecule has 0 spiro atoms. The molecule has 0 aliphatic heterocycles. The van der Waals surface area contributed by atoms with E-state index in [1.807, 2.05) is 97.2 Å². The van der Waals surface area contributed by atoms with Crippen molar-refractivity contribution in [3.8, 4) is 62.6 Å². The van der Waals surface area contributed by atoms with Gasteiger partial charge in [0.15, 0.2) is 29.1 Å². The SMILES string of the molecule is C=C/C=C\C=C\n1c(-c2ccc(N(c3ccccc3)c3cccc(-c4nc(-c5ccccc5)nc(-c5ccccc5)n4)c3)cc2)nnc1-c1ccc2c3ccccc3n(-c3ccccc3)c2c1. The van der Waals surface area contributed by atoms with Gasteiger partial charge in [-0.2, -0.15) is 0 Å². The van der Waals surface area contributed by atoms with Crippen molar-refractivity contribution in [2.45, 2.75) is 0 Å².